The van der Waals surface area contributed by atoms with Gasteiger partial charge < -0.3 is 9.64 Å². The average Bonchev–Trinajstić information content (AvgIpc) is 3.05. The van der Waals surface area contributed by atoms with E-state index in [4.69, 9.17) is 27.9 Å². The Morgan fingerprint density at radius 3 is 2.80 bits per heavy atom. The van der Waals surface area contributed by atoms with Crippen LogP contribution in [0.15, 0.2) is 42.5 Å². The lowest BCUT2D eigenvalue weighted by Gasteiger charge is -2.23. The summed E-state index contributed by atoms with van der Waals surface area (Å²) in [7, 11) is 1.74. The molecule has 4 nitrogen and oxygen atoms in total. The summed E-state index contributed by atoms with van der Waals surface area (Å²) in [5.41, 5.74) is 0.942. The van der Waals surface area contributed by atoms with E-state index in [1.54, 1.807) is 41.5 Å². The van der Waals surface area contributed by atoms with Gasteiger partial charge in [0.1, 0.15) is 10.8 Å². The smallest absolute Gasteiger partial charge is 0.260 e. The molecule has 0 aliphatic rings. The van der Waals surface area contributed by atoms with Gasteiger partial charge in [-0.15, -0.1) is 11.3 Å². The van der Waals surface area contributed by atoms with Crippen LogP contribution in [-0.4, -0.2) is 29.4 Å². The number of amides is 1. The topological polar surface area (TPSA) is 42.4 Å². The van der Waals surface area contributed by atoms with Crippen LogP contribution in [0.4, 0.5) is 0 Å². The lowest BCUT2D eigenvalue weighted by Crippen LogP contribution is -2.33. The molecule has 0 radical (unpaired) electrons. The molecule has 0 saturated carbocycles. The molecule has 0 fully saturated rings. The van der Waals surface area contributed by atoms with Gasteiger partial charge in [-0.05, 0) is 31.2 Å². The van der Waals surface area contributed by atoms with Crippen LogP contribution in [0.3, 0.4) is 0 Å². The molecule has 0 saturated heterocycles. The lowest BCUT2D eigenvalue weighted by atomic mass is 10.3. The van der Waals surface area contributed by atoms with Crippen molar-refractivity contribution in [3.63, 3.8) is 0 Å². The van der Waals surface area contributed by atoms with E-state index < -0.39 is 0 Å². The molecule has 1 aromatic heterocycles. The Labute approximate surface area is 159 Å². The molecule has 0 bridgehead atoms. The van der Waals surface area contributed by atoms with Crippen LogP contribution in [0.25, 0.3) is 10.2 Å². The van der Waals surface area contributed by atoms with E-state index in [0.717, 1.165) is 15.2 Å². The second kappa shape index (κ2) is 7.60. The third-order valence-corrected chi connectivity index (χ3v) is 5.64. The van der Waals surface area contributed by atoms with Crippen molar-refractivity contribution in [1.82, 2.24) is 9.88 Å². The monoisotopic (exact) mass is 394 g/mol. The third kappa shape index (κ3) is 4.06. The zero-order valence-corrected chi connectivity index (χ0v) is 16.0. The zero-order chi connectivity index (χ0) is 18.0. The van der Waals surface area contributed by atoms with Crippen LogP contribution in [0.2, 0.25) is 10.0 Å². The number of nitrogens with zero attached hydrogens (tertiary/aromatic N) is 2. The van der Waals surface area contributed by atoms with Gasteiger partial charge in [0, 0.05) is 18.1 Å². The van der Waals surface area contributed by atoms with E-state index in [0.29, 0.717) is 15.8 Å². The minimum atomic E-state index is -0.164. The highest BCUT2D eigenvalue weighted by atomic mass is 35.5. The summed E-state index contributed by atoms with van der Waals surface area (Å²) in [6, 6.07) is 12.7. The van der Waals surface area contributed by atoms with E-state index in [2.05, 4.69) is 4.98 Å². The molecule has 1 amide bonds. The van der Waals surface area contributed by atoms with Gasteiger partial charge in [0.05, 0.1) is 21.3 Å². The number of rotatable bonds is 5. The minimum absolute atomic E-state index is 0.119. The summed E-state index contributed by atoms with van der Waals surface area (Å²) in [5, 5.41) is 1.81. The fourth-order valence-corrected chi connectivity index (χ4v) is 3.68. The van der Waals surface area contributed by atoms with Crippen molar-refractivity contribution in [2.75, 3.05) is 13.7 Å². The molecule has 7 heteroatoms. The van der Waals surface area contributed by atoms with Gasteiger partial charge in [-0.3, -0.25) is 4.79 Å². The minimum Gasteiger partial charge on any atom is -0.482 e. The average molecular weight is 395 g/mol. The van der Waals surface area contributed by atoms with Crippen molar-refractivity contribution < 1.29 is 9.53 Å². The van der Waals surface area contributed by atoms with Gasteiger partial charge in [-0.2, -0.15) is 0 Å². The highest BCUT2D eigenvalue weighted by Crippen LogP contribution is 2.30. The number of hydrogen-bond donors (Lipinski definition) is 0. The molecular formula is C18H16Cl2N2O2S. The highest BCUT2D eigenvalue weighted by molar-refractivity contribution is 7.18. The number of carbonyl (C=O) groups excluding carboxylic acids is 1. The molecule has 3 aromatic rings. The van der Waals surface area contributed by atoms with Gasteiger partial charge in [0.15, 0.2) is 6.61 Å². The summed E-state index contributed by atoms with van der Waals surface area (Å²) < 4.78 is 6.62. The van der Waals surface area contributed by atoms with E-state index in [9.17, 15) is 4.79 Å². The Morgan fingerprint density at radius 1 is 1.28 bits per heavy atom. The van der Waals surface area contributed by atoms with Gasteiger partial charge in [0.25, 0.3) is 5.91 Å². The molecule has 1 atom stereocenters. The van der Waals surface area contributed by atoms with Gasteiger partial charge in [-0.1, -0.05) is 35.3 Å². The maximum absolute atomic E-state index is 12.4. The maximum atomic E-state index is 12.4. The zero-order valence-electron chi connectivity index (χ0n) is 13.7. The second-order valence-corrected chi connectivity index (χ2v) is 7.47. The molecule has 25 heavy (non-hydrogen) atoms. The number of likely N-dealkylation sites (N-methyl/N-ethyl adjacent to an activating group) is 1. The molecule has 0 unspecified atom stereocenters. The standard InChI is InChI=1S/C18H16Cl2N2O2S/c1-11(18-21-14-5-3-4-6-16(14)25-18)22(2)17(23)10-24-15-9-12(19)7-8-13(15)20/h3-9,11H,10H2,1-2H3/t11-/m1/s1. The van der Waals surface area contributed by atoms with Crippen molar-refractivity contribution in [3.8, 4) is 5.75 Å². The van der Waals surface area contributed by atoms with Gasteiger partial charge >= 0.3 is 0 Å². The summed E-state index contributed by atoms with van der Waals surface area (Å²) in [5.74, 6) is 0.228. The Kier molecular flexibility index (Phi) is 5.47. The van der Waals surface area contributed by atoms with Crippen LogP contribution >= 0.6 is 34.5 Å². The van der Waals surface area contributed by atoms with Crippen LogP contribution in [-0.2, 0) is 4.79 Å². The molecule has 130 valence electrons. The SMILES string of the molecule is C[C@H](c1nc2ccccc2s1)N(C)C(=O)COc1cc(Cl)ccc1Cl. The molecule has 0 N–H and O–H groups in total. The van der Waals surface area contributed by atoms with Crippen LogP contribution in [0, 0.1) is 0 Å². The van der Waals surface area contributed by atoms with Gasteiger partial charge in [0.2, 0.25) is 0 Å². The van der Waals surface area contributed by atoms with E-state index in [-0.39, 0.29) is 18.6 Å². The summed E-state index contributed by atoms with van der Waals surface area (Å²) in [6.45, 7) is 1.83. The molecule has 0 aliphatic carbocycles. The van der Waals surface area contributed by atoms with E-state index in [1.165, 1.54) is 0 Å². The number of carbonyl (C=O) groups is 1. The number of hydrogen-bond acceptors (Lipinski definition) is 4. The number of fused-ring (bicyclic) bond motifs is 1. The van der Waals surface area contributed by atoms with Crippen LogP contribution < -0.4 is 4.74 Å². The fourth-order valence-electron chi connectivity index (χ4n) is 2.28. The van der Waals surface area contributed by atoms with Crippen molar-refractivity contribution in [2.24, 2.45) is 0 Å². The Hall–Kier alpha value is -1.82. The number of halogens is 2. The van der Waals surface area contributed by atoms with Crippen molar-refractivity contribution in [2.45, 2.75) is 13.0 Å². The predicted molar refractivity (Wildman–Crippen MR) is 103 cm³/mol. The first kappa shape index (κ1) is 18.0. The van der Waals surface area contributed by atoms with E-state index >= 15 is 0 Å². The molecule has 2 aromatic carbocycles. The first-order chi connectivity index (χ1) is 12.0. The number of aromatic nitrogens is 1. The summed E-state index contributed by atoms with van der Waals surface area (Å²) >= 11 is 13.6. The maximum Gasteiger partial charge on any atom is 0.260 e. The Balaban J connectivity index is 1.67. The van der Waals surface area contributed by atoms with Crippen LogP contribution in [0.1, 0.15) is 18.0 Å². The molecule has 1 heterocycles. The highest BCUT2D eigenvalue weighted by Gasteiger charge is 2.21. The van der Waals surface area contributed by atoms with E-state index in [1.807, 2.05) is 31.2 Å². The first-order valence-corrected chi connectivity index (χ1v) is 9.22. The normalized spacial score (nSPS) is 12.2. The van der Waals surface area contributed by atoms with Crippen molar-refractivity contribution >= 4 is 50.7 Å². The van der Waals surface area contributed by atoms with Crippen molar-refractivity contribution in [3.05, 3.63) is 57.5 Å². The molecule has 0 aliphatic heterocycles. The Bertz CT molecular complexity index is 880. The van der Waals surface area contributed by atoms with Crippen molar-refractivity contribution in [1.29, 1.82) is 0 Å². The fraction of sp³-hybridized carbons (Fsp3) is 0.222. The quantitative estimate of drug-likeness (QED) is 0.596. The molecule has 0 spiro atoms. The van der Waals surface area contributed by atoms with Gasteiger partial charge in [-0.25, -0.2) is 4.98 Å². The summed E-state index contributed by atoms with van der Waals surface area (Å²) in [6.07, 6.45) is 0. The number of para-hydroxylation sites is 1. The largest absolute Gasteiger partial charge is 0.482 e. The van der Waals surface area contributed by atoms with Crippen LogP contribution in [0.5, 0.6) is 5.75 Å². The lowest BCUT2D eigenvalue weighted by molar-refractivity contribution is -0.134. The third-order valence-electron chi connectivity index (χ3n) is 3.89. The second-order valence-electron chi connectivity index (χ2n) is 5.56. The summed E-state index contributed by atoms with van der Waals surface area (Å²) in [4.78, 5) is 18.7. The number of thiazole rings is 1. The number of ether oxygens (including phenoxy) is 1. The first-order valence-electron chi connectivity index (χ1n) is 7.64. The molecule has 3 rings (SSSR count). The Morgan fingerprint density at radius 2 is 2.04 bits per heavy atom. The number of benzene rings is 2. The predicted octanol–water partition coefficient (Wildman–Crippen LogP) is 5.20. The molecular weight excluding hydrogens is 379 g/mol.